The molecule has 1 fully saturated rings. The second kappa shape index (κ2) is 9.12. The van der Waals surface area contributed by atoms with E-state index < -0.39 is 17.0 Å². The van der Waals surface area contributed by atoms with E-state index in [0.717, 1.165) is 25.7 Å². The molecule has 1 aromatic carbocycles. The second-order valence-electron chi connectivity index (χ2n) is 6.35. The number of non-ortho nitro benzene ring substituents is 1. The van der Waals surface area contributed by atoms with Gasteiger partial charge in [-0.25, -0.2) is 4.79 Å². The largest absolute Gasteiger partial charge is 0.449 e. The van der Waals surface area contributed by atoms with Crippen LogP contribution in [-0.4, -0.2) is 40.4 Å². The number of likely N-dealkylation sites (tertiary alicyclic amines) is 1. The first-order valence-electron chi connectivity index (χ1n) is 8.86. The Morgan fingerprint density at radius 3 is 2.65 bits per heavy atom. The van der Waals surface area contributed by atoms with Crippen LogP contribution in [0.2, 0.25) is 0 Å². The monoisotopic (exact) mass is 360 g/mol. The molecule has 7 nitrogen and oxygen atoms in total. The van der Waals surface area contributed by atoms with E-state index in [9.17, 15) is 19.7 Å². The molecule has 0 saturated carbocycles. The van der Waals surface area contributed by atoms with Crippen LogP contribution < -0.4 is 0 Å². The molecule has 1 aliphatic rings. The predicted molar refractivity (Wildman–Crippen MR) is 97.3 cm³/mol. The van der Waals surface area contributed by atoms with E-state index in [1.807, 2.05) is 4.90 Å². The van der Waals surface area contributed by atoms with E-state index in [2.05, 4.69) is 6.92 Å². The number of carbonyl (C=O) groups is 2. The molecule has 7 heteroatoms. The highest BCUT2D eigenvalue weighted by Gasteiger charge is 2.30. The molecule has 0 bridgehead atoms. The lowest BCUT2D eigenvalue weighted by Gasteiger charge is -2.36. The Hall–Kier alpha value is -2.70. The molecule has 2 unspecified atom stereocenters. The molecule has 0 radical (unpaired) electrons. The number of nitro groups is 1. The number of nitro benzene ring substituents is 1. The molecule has 2 atom stereocenters. The van der Waals surface area contributed by atoms with Crippen LogP contribution in [0.3, 0.4) is 0 Å². The van der Waals surface area contributed by atoms with Crippen LogP contribution in [0.25, 0.3) is 6.08 Å². The van der Waals surface area contributed by atoms with Gasteiger partial charge in [-0.1, -0.05) is 6.92 Å². The van der Waals surface area contributed by atoms with Crippen LogP contribution in [0.5, 0.6) is 0 Å². The number of rotatable bonds is 6. The molecule has 0 aliphatic carbocycles. The lowest BCUT2D eigenvalue weighted by molar-refractivity contribution is -0.384. The van der Waals surface area contributed by atoms with Crippen molar-refractivity contribution >= 4 is 23.6 Å². The summed E-state index contributed by atoms with van der Waals surface area (Å²) in [7, 11) is 0. The zero-order chi connectivity index (χ0) is 19.1. The third-order valence-corrected chi connectivity index (χ3v) is 4.54. The van der Waals surface area contributed by atoms with E-state index in [1.54, 1.807) is 6.92 Å². The molecule has 1 saturated heterocycles. The topological polar surface area (TPSA) is 89.8 Å². The number of hydrogen-bond acceptors (Lipinski definition) is 5. The molecule has 26 heavy (non-hydrogen) atoms. The van der Waals surface area contributed by atoms with Crippen molar-refractivity contribution in [3.8, 4) is 0 Å². The lowest BCUT2D eigenvalue weighted by atomic mass is 9.99. The van der Waals surface area contributed by atoms with Crippen molar-refractivity contribution in [2.45, 2.75) is 51.7 Å². The van der Waals surface area contributed by atoms with Crippen molar-refractivity contribution in [3.63, 3.8) is 0 Å². The van der Waals surface area contributed by atoms with E-state index in [1.165, 1.54) is 36.4 Å². The van der Waals surface area contributed by atoms with Crippen molar-refractivity contribution in [1.82, 2.24) is 4.90 Å². The molecule has 140 valence electrons. The van der Waals surface area contributed by atoms with Crippen molar-refractivity contribution in [2.75, 3.05) is 6.54 Å². The van der Waals surface area contributed by atoms with Crippen LogP contribution in [0.1, 0.15) is 45.1 Å². The van der Waals surface area contributed by atoms with Gasteiger partial charge in [-0.2, -0.15) is 0 Å². The fraction of sp³-hybridized carbons (Fsp3) is 0.474. The Kier molecular flexibility index (Phi) is 6.89. The second-order valence-corrected chi connectivity index (χ2v) is 6.35. The fourth-order valence-corrected chi connectivity index (χ4v) is 3.08. The number of amides is 1. The highest BCUT2D eigenvalue weighted by atomic mass is 16.6. The lowest BCUT2D eigenvalue weighted by Crippen LogP contribution is -2.48. The van der Waals surface area contributed by atoms with Gasteiger partial charge in [-0.05, 0) is 56.4 Å². The summed E-state index contributed by atoms with van der Waals surface area (Å²) in [6.45, 7) is 4.35. The fourth-order valence-electron chi connectivity index (χ4n) is 3.08. The molecule has 0 spiro atoms. The maximum atomic E-state index is 12.5. The van der Waals surface area contributed by atoms with Gasteiger partial charge in [0.15, 0.2) is 6.10 Å². The van der Waals surface area contributed by atoms with E-state index in [0.29, 0.717) is 12.1 Å². The van der Waals surface area contributed by atoms with Gasteiger partial charge in [-0.3, -0.25) is 14.9 Å². The van der Waals surface area contributed by atoms with E-state index >= 15 is 0 Å². The number of benzene rings is 1. The number of carbonyl (C=O) groups excluding carboxylic acids is 2. The Bertz CT molecular complexity index is 684. The molecule has 0 aromatic heterocycles. The normalized spacial score (nSPS) is 18.5. The maximum absolute atomic E-state index is 12.5. The molecule has 2 rings (SSSR count). The Morgan fingerprint density at radius 1 is 1.35 bits per heavy atom. The van der Waals surface area contributed by atoms with Crippen molar-refractivity contribution in [2.24, 2.45) is 0 Å². The Balaban J connectivity index is 1.91. The van der Waals surface area contributed by atoms with Gasteiger partial charge in [0, 0.05) is 30.8 Å². The quantitative estimate of drug-likeness (QED) is 0.336. The van der Waals surface area contributed by atoms with Crippen LogP contribution >= 0.6 is 0 Å². The average molecular weight is 360 g/mol. The summed E-state index contributed by atoms with van der Waals surface area (Å²) in [6.07, 6.45) is 5.86. The molecule has 1 heterocycles. The average Bonchev–Trinajstić information content (AvgIpc) is 2.65. The summed E-state index contributed by atoms with van der Waals surface area (Å²) in [5, 5.41) is 10.6. The van der Waals surface area contributed by atoms with E-state index in [4.69, 9.17) is 4.74 Å². The third kappa shape index (κ3) is 5.15. The predicted octanol–water partition coefficient (Wildman–Crippen LogP) is 3.33. The van der Waals surface area contributed by atoms with Gasteiger partial charge >= 0.3 is 5.97 Å². The van der Waals surface area contributed by atoms with Crippen LogP contribution in [0.4, 0.5) is 5.69 Å². The summed E-state index contributed by atoms with van der Waals surface area (Å²) in [5.74, 6) is -0.775. The van der Waals surface area contributed by atoms with Crippen LogP contribution in [0, 0.1) is 10.1 Å². The number of esters is 1. The minimum atomic E-state index is -0.837. The zero-order valence-corrected chi connectivity index (χ0v) is 15.1. The summed E-state index contributed by atoms with van der Waals surface area (Å²) in [6, 6.07) is 6.01. The van der Waals surface area contributed by atoms with Crippen LogP contribution in [-0.2, 0) is 14.3 Å². The number of ether oxygens (including phenoxy) is 1. The van der Waals surface area contributed by atoms with Crippen molar-refractivity contribution < 1.29 is 19.2 Å². The number of hydrogen-bond donors (Lipinski definition) is 0. The minimum Gasteiger partial charge on any atom is -0.449 e. The molecule has 0 N–H and O–H groups in total. The van der Waals surface area contributed by atoms with E-state index in [-0.39, 0.29) is 17.6 Å². The van der Waals surface area contributed by atoms with Gasteiger partial charge in [0.2, 0.25) is 0 Å². The molecule has 1 aliphatic heterocycles. The molecule has 1 aromatic rings. The third-order valence-electron chi connectivity index (χ3n) is 4.54. The zero-order valence-electron chi connectivity index (χ0n) is 15.1. The molecule has 1 amide bonds. The van der Waals surface area contributed by atoms with Crippen molar-refractivity contribution in [1.29, 1.82) is 0 Å². The van der Waals surface area contributed by atoms with Gasteiger partial charge in [0.1, 0.15) is 0 Å². The highest BCUT2D eigenvalue weighted by Crippen LogP contribution is 2.21. The Labute approximate surface area is 152 Å². The number of nitrogens with zero attached hydrogens (tertiary/aromatic N) is 2. The number of piperidine rings is 1. The standard InChI is InChI=1S/C19H24N2O5/c1-3-16-6-4-5-13-20(16)19(23)14(2)26-18(22)12-9-15-7-10-17(11-8-15)21(24)25/h7-12,14,16H,3-6,13H2,1-2H3/b12-9+. The highest BCUT2D eigenvalue weighted by molar-refractivity contribution is 5.90. The first kappa shape index (κ1) is 19.6. The minimum absolute atomic E-state index is 0.0176. The molecular formula is C19H24N2O5. The SMILES string of the molecule is CCC1CCCCN1C(=O)C(C)OC(=O)/C=C/c1ccc([N+](=O)[O-])cc1. The first-order chi connectivity index (χ1) is 12.4. The van der Waals surface area contributed by atoms with Gasteiger partial charge in [0.05, 0.1) is 4.92 Å². The smallest absolute Gasteiger partial charge is 0.331 e. The summed E-state index contributed by atoms with van der Waals surface area (Å²) in [5.41, 5.74) is 0.615. The summed E-state index contributed by atoms with van der Waals surface area (Å²) in [4.78, 5) is 36.4. The van der Waals surface area contributed by atoms with Gasteiger partial charge < -0.3 is 9.64 Å². The summed E-state index contributed by atoms with van der Waals surface area (Å²) >= 11 is 0. The first-order valence-corrected chi connectivity index (χ1v) is 8.86. The van der Waals surface area contributed by atoms with Crippen LogP contribution in [0.15, 0.2) is 30.3 Å². The van der Waals surface area contributed by atoms with Gasteiger partial charge in [-0.15, -0.1) is 0 Å². The maximum Gasteiger partial charge on any atom is 0.331 e. The Morgan fingerprint density at radius 2 is 2.04 bits per heavy atom. The molecular weight excluding hydrogens is 336 g/mol. The summed E-state index contributed by atoms with van der Waals surface area (Å²) < 4.78 is 5.22. The van der Waals surface area contributed by atoms with Gasteiger partial charge in [0.25, 0.3) is 11.6 Å². The van der Waals surface area contributed by atoms with Crippen molar-refractivity contribution in [3.05, 3.63) is 46.0 Å².